The molecular formula is C29H31NO5. The Morgan fingerprint density at radius 1 is 0.914 bits per heavy atom. The normalized spacial score (nSPS) is 10.9. The molecule has 0 radical (unpaired) electrons. The Labute approximate surface area is 205 Å². The summed E-state index contributed by atoms with van der Waals surface area (Å²) in [6, 6.07) is 21.4. The minimum absolute atomic E-state index is 0.107. The van der Waals surface area contributed by atoms with Crippen LogP contribution in [-0.2, 0) is 17.8 Å². The van der Waals surface area contributed by atoms with Crippen LogP contribution in [0.25, 0.3) is 22.2 Å². The van der Waals surface area contributed by atoms with E-state index in [1.807, 2.05) is 73.7 Å². The van der Waals surface area contributed by atoms with Crippen LogP contribution < -0.4 is 14.2 Å². The van der Waals surface area contributed by atoms with E-state index in [2.05, 4.69) is 11.9 Å². The van der Waals surface area contributed by atoms with Gasteiger partial charge in [0.25, 0.3) is 0 Å². The number of aromatic nitrogens is 1. The van der Waals surface area contributed by atoms with E-state index in [-0.39, 0.29) is 6.42 Å². The van der Waals surface area contributed by atoms with Crippen LogP contribution >= 0.6 is 0 Å². The lowest BCUT2D eigenvalue weighted by atomic mass is 10.0. The number of rotatable bonds is 12. The predicted octanol–water partition coefficient (Wildman–Crippen LogP) is 6.62. The fourth-order valence-electron chi connectivity index (χ4n) is 4.02. The van der Waals surface area contributed by atoms with Gasteiger partial charge in [-0.1, -0.05) is 43.7 Å². The molecule has 35 heavy (non-hydrogen) atoms. The molecule has 1 aromatic heterocycles. The van der Waals surface area contributed by atoms with Crippen molar-refractivity contribution in [2.45, 2.75) is 39.7 Å². The first kappa shape index (κ1) is 24.2. The van der Waals surface area contributed by atoms with Crippen molar-refractivity contribution in [1.82, 2.24) is 4.98 Å². The number of hydrogen-bond donors (Lipinski definition) is 2. The van der Waals surface area contributed by atoms with Crippen molar-refractivity contribution in [2.75, 3.05) is 13.2 Å². The average Bonchev–Trinajstić information content (AvgIpc) is 3.21. The molecule has 0 atom stereocenters. The molecule has 4 rings (SSSR count). The fraction of sp³-hybridized carbons (Fsp3) is 0.276. The van der Waals surface area contributed by atoms with Crippen molar-refractivity contribution in [3.63, 3.8) is 0 Å². The van der Waals surface area contributed by atoms with Crippen LogP contribution in [0, 0.1) is 0 Å². The molecule has 0 aliphatic rings. The molecule has 3 aromatic carbocycles. The summed E-state index contributed by atoms with van der Waals surface area (Å²) in [7, 11) is 0. The van der Waals surface area contributed by atoms with Gasteiger partial charge in [-0.25, -0.2) is 0 Å². The Kier molecular flexibility index (Phi) is 7.93. The van der Waals surface area contributed by atoms with Gasteiger partial charge in [-0.15, -0.1) is 0 Å². The van der Waals surface area contributed by atoms with Gasteiger partial charge in [0, 0.05) is 16.5 Å². The van der Waals surface area contributed by atoms with Crippen molar-refractivity contribution < 1.29 is 24.1 Å². The second-order valence-electron chi connectivity index (χ2n) is 8.33. The number of ether oxygens (including phenoxy) is 3. The summed E-state index contributed by atoms with van der Waals surface area (Å²) in [5.41, 5.74) is 4.23. The molecule has 0 saturated heterocycles. The molecule has 6 nitrogen and oxygen atoms in total. The molecule has 0 bridgehead atoms. The van der Waals surface area contributed by atoms with E-state index in [0.717, 1.165) is 46.3 Å². The van der Waals surface area contributed by atoms with Gasteiger partial charge in [0.15, 0.2) is 11.5 Å². The maximum absolute atomic E-state index is 11.7. The standard InChI is InChI=1S/C29H31NO5/c1-3-5-15-34-22-12-13-25-23(17-22)24(18-28(31)32)29(30-25)21-11-14-26(27(16-21)33-4-2)35-19-20-9-7-6-8-10-20/h6-14,16-17,30H,3-5,15,18-19H2,1-2H3,(H,31,32). The van der Waals surface area contributed by atoms with E-state index >= 15 is 0 Å². The van der Waals surface area contributed by atoms with E-state index in [0.29, 0.717) is 36.9 Å². The van der Waals surface area contributed by atoms with Gasteiger partial charge < -0.3 is 24.3 Å². The Balaban J connectivity index is 1.69. The van der Waals surface area contributed by atoms with Crippen LogP contribution in [0.3, 0.4) is 0 Å². The van der Waals surface area contributed by atoms with Crippen LogP contribution in [0.1, 0.15) is 37.8 Å². The zero-order valence-electron chi connectivity index (χ0n) is 20.2. The number of unbranched alkanes of at least 4 members (excludes halogenated alkanes) is 1. The molecule has 0 amide bonds. The van der Waals surface area contributed by atoms with E-state index < -0.39 is 5.97 Å². The number of carboxylic acids is 1. The smallest absolute Gasteiger partial charge is 0.307 e. The average molecular weight is 474 g/mol. The van der Waals surface area contributed by atoms with Gasteiger partial charge >= 0.3 is 5.97 Å². The number of aromatic amines is 1. The maximum atomic E-state index is 11.7. The van der Waals surface area contributed by atoms with Crippen molar-refractivity contribution in [1.29, 1.82) is 0 Å². The largest absolute Gasteiger partial charge is 0.494 e. The fourth-order valence-corrected chi connectivity index (χ4v) is 4.02. The van der Waals surface area contributed by atoms with Crippen LogP contribution in [0.2, 0.25) is 0 Å². The van der Waals surface area contributed by atoms with Gasteiger partial charge in [0.05, 0.1) is 25.3 Å². The second kappa shape index (κ2) is 11.5. The molecule has 0 aliphatic heterocycles. The van der Waals surface area contributed by atoms with Gasteiger partial charge in [-0.2, -0.15) is 0 Å². The molecule has 0 saturated carbocycles. The van der Waals surface area contributed by atoms with E-state index in [9.17, 15) is 9.90 Å². The second-order valence-corrected chi connectivity index (χ2v) is 8.33. The third kappa shape index (κ3) is 5.96. The SMILES string of the molecule is CCCCOc1ccc2[nH]c(-c3ccc(OCc4ccccc4)c(OCC)c3)c(CC(=O)O)c2c1. The molecule has 6 heteroatoms. The lowest BCUT2D eigenvalue weighted by Crippen LogP contribution is -2.02. The highest BCUT2D eigenvalue weighted by atomic mass is 16.5. The van der Waals surface area contributed by atoms with E-state index in [1.54, 1.807) is 0 Å². The van der Waals surface area contributed by atoms with Crippen LogP contribution in [0.15, 0.2) is 66.7 Å². The molecule has 0 fully saturated rings. The molecule has 0 unspecified atom stereocenters. The summed E-state index contributed by atoms with van der Waals surface area (Å²) in [4.78, 5) is 15.2. The molecule has 0 aliphatic carbocycles. The quantitative estimate of drug-likeness (QED) is 0.226. The summed E-state index contributed by atoms with van der Waals surface area (Å²) in [5.74, 6) is 1.10. The molecule has 182 valence electrons. The van der Waals surface area contributed by atoms with Crippen LogP contribution in [0.5, 0.6) is 17.2 Å². The highest BCUT2D eigenvalue weighted by Gasteiger charge is 2.18. The number of H-pyrrole nitrogens is 1. The van der Waals surface area contributed by atoms with Crippen LogP contribution in [0.4, 0.5) is 0 Å². The highest BCUT2D eigenvalue weighted by Crippen LogP contribution is 2.37. The van der Waals surface area contributed by atoms with Crippen molar-refractivity contribution in [3.05, 3.63) is 77.9 Å². The molecule has 0 spiro atoms. The van der Waals surface area contributed by atoms with E-state index in [4.69, 9.17) is 14.2 Å². The number of fused-ring (bicyclic) bond motifs is 1. The number of hydrogen-bond acceptors (Lipinski definition) is 4. The summed E-state index contributed by atoms with van der Waals surface area (Å²) in [6.07, 6.45) is 1.91. The Morgan fingerprint density at radius 3 is 2.49 bits per heavy atom. The zero-order chi connectivity index (χ0) is 24.6. The maximum Gasteiger partial charge on any atom is 0.307 e. The van der Waals surface area contributed by atoms with Gasteiger partial charge in [-0.05, 0) is 60.9 Å². The number of aliphatic carboxylic acids is 1. The highest BCUT2D eigenvalue weighted by molar-refractivity contribution is 5.95. The van der Waals surface area contributed by atoms with Gasteiger partial charge in [0.1, 0.15) is 12.4 Å². The van der Waals surface area contributed by atoms with Crippen LogP contribution in [-0.4, -0.2) is 29.3 Å². The third-order valence-electron chi connectivity index (χ3n) is 5.74. The van der Waals surface area contributed by atoms with Gasteiger partial charge in [-0.3, -0.25) is 4.79 Å². The van der Waals surface area contributed by atoms with Crippen molar-refractivity contribution >= 4 is 16.9 Å². The van der Waals surface area contributed by atoms with Gasteiger partial charge in [0.2, 0.25) is 0 Å². The third-order valence-corrected chi connectivity index (χ3v) is 5.74. The predicted molar refractivity (Wildman–Crippen MR) is 137 cm³/mol. The summed E-state index contributed by atoms with van der Waals surface area (Å²) >= 11 is 0. The molecule has 1 heterocycles. The number of carboxylic acid groups (broad SMARTS) is 1. The van der Waals surface area contributed by atoms with Crippen molar-refractivity contribution in [3.8, 4) is 28.5 Å². The van der Waals surface area contributed by atoms with Crippen molar-refractivity contribution in [2.24, 2.45) is 0 Å². The minimum Gasteiger partial charge on any atom is -0.494 e. The minimum atomic E-state index is -0.891. The topological polar surface area (TPSA) is 80.8 Å². The lowest BCUT2D eigenvalue weighted by Gasteiger charge is -2.14. The Morgan fingerprint density at radius 2 is 1.74 bits per heavy atom. The molecular weight excluding hydrogens is 442 g/mol. The van der Waals surface area contributed by atoms with E-state index in [1.165, 1.54) is 0 Å². The summed E-state index contributed by atoms with van der Waals surface area (Å²) < 4.78 is 17.8. The Bertz CT molecular complexity index is 1280. The first-order valence-electron chi connectivity index (χ1n) is 12.0. The summed E-state index contributed by atoms with van der Waals surface area (Å²) in [5, 5.41) is 10.5. The first-order valence-corrected chi connectivity index (χ1v) is 12.0. The molecule has 4 aromatic rings. The summed E-state index contributed by atoms with van der Waals surface area (Å²) in [6.45, 7) is 5.59. The number of carbonyl (C=O) groups is 1. The Hall–Kier alpha value is -3.93. The number of nitrogens with one attached hydrogen (secondary N) is 1. The zero-order valence-corrected chi connectivity index (χ0v) is 20.2. The first-order chi connectivity index (χ1) is 17.1. The molecule has 2 N–H and O–H groups in total. The lowest BCUT2D eigenvalue weighted by molar-refractivity contribution is -0.136. The number of benzene rings is 3. The monoisotopic (exact) mass is 473 g/mol.